The Bertz CT molecular complexity index is 1520. The zero-order chi connectivity index (χ0) is 22.9. The SMILES string of the molecule is CC(NC(=O)c1cnc2[nH]c(=O)[nH]c(=O)c2c1)c1ccccc1NS(=O)(=O)c1cccs1. The third-order valence-corrected chi connectivity index (χ3v) is 7.40. The minimum atomic E-state index is -3.76. The number of amides is 1. The summed E-state index contributed by atoms with van der Waals surface area (Å²) < 4.78 is 28.0. The molecule has 164 valence electrons. The average Bonchev–Trinajstić information content (AvgIpc) is 3.29. The molecule has 0 radical (unpaired) electrons. The first-order valence-electron chi connectivity index (χ1n) is 9.33. The van der Waals surface area contributed by atoms with E-state index in [2.05, 4.69) is 25.0 Å². The Hall–Kier alpha value is -3.77. The number of benzene rings is 1. The van der Waals surface area contributed by atoms with Crippen LogP contribution in [0.15, 0.2) is 67.8 Å². The maximum Gasteiger partial charge on any atom is 0.327 e. The largest absolute Gasteiger partial charge is 0.345 e. The van der Waals surface area contributed by atoms with Crippen LogP contribution < -0.4 is 21.3 Å². The fourth-order valence-electron chi connectivity index (χ4n) is 3.11. The van der Waals surface area contributed by atoms with Gasteiger partial charge in [0.25, 0.3) is 21.5 Å². The number of aromatic amines is 2. The highest BCUT2D eigenvalue weighted by atomic mass is 32.2. The summed E-state index contributed by atoms with van der Waals surface area (Å²) in [5.41, 5.74) is -0.291. The highest BCUT2D eigenvalue weighted by molar-refractivity contribution is 7.94. The molecule has 10 nitrogen and oxygen atoms in total. The molecule has 0 fully saturated rings. The molecule has 0 spiro atoms. The lowest BCUT2D eigenvalue weighted by molar-refractivity contribution is 0.0940. The van der Waals surface area contributed by atoms with Crippen molar-refractivity contribution < 1.29 is 13.2 Å². The van der Waals surface area contributed by atoms with Crippen molar-refractivity contribution in [2.75, 3.05) is 4.72 Å². The van der Waals surface area contributed by atoms with Gasteiger partial charge < -0.3 is 5.32 Å². The van der Waals surface area contributed by atoms with Crippen LogP contribution >= 0.6 is 11.3 Å². The monoisotopic (exact) mass is 471 g/mol. The molecule has 3 heterocycles. The van der Waals surface area contributed by atoms with Crippen LogP contribution in [0.3, 0.4) is 0 Å². The number of thiophene rings is 1. The Balaban J connectivity index is 1.59. The Morgan fingerprint density at radius 3 is 2.66 bits per heavy atom. The number of anilines is 1. The lowest BCUT2D eigenvalue weighted by Gasteiger charge is -2.19. The summed E-state index contributed by atoms with van der Waals surface area (Å²) in [5.74, 6) is -0.520. The number of sulfonamides is 1. The third kappa shape index (κ3) is 4.31. The maximum absolute atomic E-state index is 12.8. The Morgan fingerprint density at radius 1 is 1.12 bits per heavy atom. The summed E-state index contributed by atoms with van der Waals surface area (Å²) in [6, 6.07) is 10.6. The summed E-state index contributed by atoms with van der Waals surface area (Å²) in [6.07, 6.45) is 1.24. The molecule has 0 saturated carbocycles. The van der Waals surface area contributed by atoms with E-state index in [1.807, 2.05) is 0 Å². The highest BCUT2D eigenvalue weighted by Gasteiger charge is 2.20. The normalized spacial score (nSPS) is 12.4. The number of hydrogen-bond acceptors (Lipinski definition) is 7. The van der Waals surface area contributed by atoms with Crippen molar-refractivity contribution in [2.24, 2.45) is 0 Å². The number of carbonyl (C=O) groups is 1. The van der Waals surface area contributed by atoms with Gasteiger partial charge in [0.05, 0.1) is 22.7 Å². The average molecular weight is 472 g/mol. The van der Waals surface area contributed by atoms with Gasteiger partial charge in [-0.15, -0.1) is 11.3 Å². The van der Waals surface area contributed by atoms with Crippen molar-refractivity contribution >= 4 is 44.0 Å². The van der Waals surface area contributed by atoms with Gasteiger partial charge in [-0.3, -0.25) is 24.3 Å². The van der Waals surface area contributed by atoms with Crippen molar-refractivity contribution in [3.8, 4) is 0 Å². The van der Waals surface area contributed by atoms with E-state index in [4.69, 9.17) is 0 Å². The molecule has 4 rings (SSSR count). The van der Waals surface area contributed by atoms with Crippen LogP contribution in [-0.2, 0) is 10.0 Å². The molecule has 4 N–H and O–H groups in total. The lowest BCUT2D eigenvalue weighted by Crippen LogP contribution is -2.28. The Morgan fingerprint density at radius 2 is 1.91 bits per heavy atom. The summed E-state index contributed by atoms with van der Waals surface area (Å²) in [6.45, 7) is 1.70. The van der Waals surface area contributed by atoms with E-state index in [9.17, 15) is 22.8 Å². The molecule has 32 heavy (non-hydrogen) atoms. The number of fused-ring (bicyclic) bond motifs is 1. The first-order valence-corrected chi connectivity index (χ1v) is 11.7. The van der Waals surface area contributed by atoms with Gasteiger partial charge in [-0.05, 0) is 36.1 Å². The summed E-state index contributed by atoms with van der Waals surface area (Å²) >= 11 is 1.10. The second-order valence-corrected chi connectivity index (χ2v) is 9.71. The standard InChI is InChI=1S/C20H17N5O5S2/c1-11(13-5-2-3-6-15(13)25-32(29,30)16-7-4-8-31-16)22-18(26)12-9-14-17(21-10-12)23-20(28)24-19(14)27/h2-11,25H,1H3,(H,22,26)(H2,21,23,24,27,28). The number of aromatic nitrogens is 3. The molecule has 0 aliphatic rings. The Labute approximate surface area is 185 Å². The number of rotatable bonds is 6. The number of nitrogens with zero attached hydrogens (tertiary/aromatic N) is 1. The van der Waals surface area contributed by atoms with Crippen LogP contribution in [0.2, 0.25) is 0 Å². The molecule has 0 saturated heterocycles. The van der Waals surface area contributed by atoms with Crippen molar-refractivity contribution in [2.45, 2.75) is 17.2 Å². The predicted octanol–water partition coefficient (Wildman–Crippen LogP) is 1.96. The predicted molar refractivity (Wildman–Crippen MR) is 120 cm³/mol. The van der Waals surface area contributed by atoms with E-state index in [1.165, 1.54) is 18.3 Å². The number of hydrogen-bond donors (Lipinski definition) is 4. The molecule has 0 aliphatic heterocycles. The van der Waals surface area contributed by atoms with Crippen molar-refractivity contribution in [3.63, 3.8) is 0 Å². The molecule has 1 atom stereocenters. The lowest BCUT2D eigenvalue weighted by atomic mass is 10.1. The molecule has 0 bridgehead atoms. The van der Waals surface area contributed by atoms with Gasteiger partial charge in [-0.25, -0.2) is 18.2 Å². The fourth-order valence-corrected chi connectivity index (χ4v) is 5.19. The second kappa shape index (κ2) is 8.40. The highest BCUT2D eigenvalue weighted by Crippen LogP contribution is 2.27. The van der Waals surface area contributed by atoms with E-state index in [0.717, 1.165) is 11.3 Å². The number of H-pyrrole nitrogens is 2. The van der Waals surface area contributed by atoms with Gasteiger partial charge in [-0.2, -0.15) is 0 Å². The van der Waals surface area contributed by atoms with Gasteiger partial charge in [0.15, 0.2) is 0 Å². The number of para-hydroxylation sites is 1. The zero-order valence-electron chi connectivity index (χ0n) is 16.6. The third-order valence-electron chi connectivity index (χ3n) is 4.63. The van der Waals surface area contributed by atoms with Crippen LogP contribution in [0.4, 0.5) is 5.69 Å². The smallest absolute Gasteiger partial charge is 0.327 e. The molecule has 1 unspecified atom stereocenters. The van der Waals surface area contributed by atoms with E-state index in [-0.39, 0.29) is 20.8 Å². The topological polar surface area (TPSA) is 154 Å². The maximum atomic E-state index is 12.8. The second-order valence-electron chi connectivity index (χ2n) is 6.85. The molecule has 0 aliphatic carbocycles. The number of nitrogens with one attached hydrogen (secondary N) is 4. The van der Waals surface area contributed by atoms with Crippen LogP contribution in [0.5, 0.6) is 0 Å². The summed E-state index contributed by atoms with van der Waals surface area (Å²) in [5, 5.41) is 4.51. The molecule has 1 amide bonds. The molecular formula is C20H17N5O5S2. The quantitative estimate of drug-likeness (QED) is 0.337. The van der Waals surface area contributed by atoms with Gasteiger partial charge in [-0.1, -0.05) is 24.3 Å². The van der Waals surface area contributed by atoms with Gasteiger partial charge >= 0.3 is 5.69 Å². The van der Waals surface area contributed by atoms with Crippen LogP contribution in [0.25, 0.3) is 11.0 Å². The molecular weight excluding hydrogens is 454 g/mol. The van der Waals surface area contributed by atoms with Crippen molar-refractivity contribution in [3.05, 3.63) is 86.0 Å². The summed E-state index contributed by atoms with van der Waals surface area (Å²) in [7, 11) is -3.76. The summed E-state index contributed by atoms with van der Waals surface area (Å²) in [4.78, 5) is 44.5. The van der Waals surface area contributed by atoms with Crippen LogP contribution in [-0.4, -0.2) is 29.3 Å². The molecule has 3 aromatic heterocycles. The first-order chi connectivity index (χ1) is 15.2. The van der Waals surface area contributed by atoms with Gasteiger partial charge in [0.2, 0.25) is 0 Å². The fraction of sp³-hybridized carbons (Fsp3) is 0.100. The van der Waals surface area contributed by atoms with E-state index in [0.29, 0.717) is 11.3 Å². The number of carbonyl (C=O) groups excluding carboxylic acids is 1. The van der Waals surface area contributed by atoms with Crippen LogP contribution in [0.1, 0.15) is 28.9 Å². The Kier molecular flexibility index (Phi) is 5.63. The number of pyridine rings is 1. The minimum Gasteiger partial charge on any atom is -0.345 e. The first kappa shape index (κ1) is 21.5. The van der Waals surface area contributed by atoms with E-state index in [1.54, 1.807) is 42.6 Å². The minimum absolute atomic E-state index is 0.0639. The van der Waals surface area contributed by atoms with E-state index < -0.39 is 33.2 Å². The van der Waals surface area contributed by atoms with Gasteiger partial charge in [0, 0.05) is 6.20 Å². The van der Waals surface area contributed by atoms with Crippen LogP contribution in [0, 0.1) is 0 Å². The van der Waals surface area contributed by atoms with Crippen molar-refractivity contribution in [1.82, 2.24) is 20.3 Å². The zero-order valence-corrected chi connectivity index (χ0v) is 18.2. The van der Waals surface area contributed by atoms with Gasteiger partial charge in [0.1, 0.15) is 9.86 Å². The molecule has 12 heteroatoms. The molecule has 4 aromatic rings. The van der Waals surface area contributed by atoms with Crippen molar-refractivity contribution in [1.29, 1.82) is 0 Å². The van der Waals surface area contributed by atoms with E-state index >= 15 is 0 Å². The molecule has 1 aromatic carbocycles.